The Morgan fingerprint density at radius 3 is 2.66 bits per heavy atom. The standard InChI is InChI=1S/C21H16F2N4OS/c1-13-19(29-21(26-13)15-3-5-16(22)6-4-15)20(28)25-11-14-2-7-18(17(23)10-14)27-9-8-24-12-27/h2-10,12H,11H2,1H3,(H,25,28). The number of benzene rings is 2. The number of hydrogen-bond donors (Lipinski definition) is 1. The van der Waals surface area contributed by atoms with E-state index >= 15 is 0 Å². The number of hydrogen-bond acceptors (Lipinski definition) is 4. The van der Waals surface area contributed by atoms with E-state index in [0.717, 1.165) is 5.56 Å². The number of aryl methyl sites for hydroxylation is 1. The minimum atomic E-state index is -0.401. The Labute approximate surface area is 169 Å². The molecule has 2 heterocycles. The molecule has 146 valence electrons. The fraction of sp³-hybridized carbons (Fsp3) is 0.0952. The molecule has 0 aliphatic carbocycles. The van der Waals surface area contributed by atoms with E-state index in [-0.39, 0.29) is 18.3 Å². The molecule has 4 aromatic rings. The summed E-state index contributed by atoms with van der Waals surface area (Å²) < 4.78 is 29.0. The van der Waals surface area contributed by atoms with Gasteiger partial charge in [-0.1, -0.05) is 6.07 Å². The lowest BCUT2D eigenvalue weighted by Crippen LogP contribution is -2.22. The zero-order valence-corrected chi connectivity index (χ0v) is 16.2. The highest BCUT2D eigenvalue weighted by Crippen LogP contribution is 2.28. The number of amides is 1. The minimum Gasteiger partial charge on any atom is -0.347 e. The van der Waals surface area contributed by atoms with E-state index in [1.807, 2.05) is 0 Å². The quantitative estimate of drug-likeness (QED) is 0.527. The van der Waals surface area contributed by atoms with Crippen molar-refractivity contribution in [3.05, 3.63) is 89.0 Å². The zero-order valence-electron chi connectivity index (χ0n) is 15.4. The number of halogens is 2. The van der Waals surface area contributed by atoms with Crippen LogP contribution in [0.2, 0.25) is 0 Å². The zero-order chi connectivity index (χ0) is 20.4. The van der Waals surface area contributed by atoms with Crippen LogP contribution < -0.4 is 5.32 Å². The molecule has 29 heavy (non-hydrogen) atoms. The van der Waals surface area contributed by atoms with Gasteiger partial charge in [0.1, 0.15) is 21.5 Å². The van der Waals surface area contributed by atoms with E-state index in [1.165, 1.54) is 35.9 Å². The predicted octanol–water partition coefficient (Wildman–Crippen LogP) is 4.51. The normalized spacial score (nSPS) is 10.9. The second-order valence-corrected chi connectivity index (χ2v) is 7.38. The number of nitrogens with zero attached hydrogens (tertiary/aromatic N) is 3. The summed E-state index contributed by atoms with van der Waals surface area (Å²) in [6.45, 7) is 1.93. The Kier molecular flexibility index (Phi) is 5.18. The third-order valence-corrected chi connectivity index (χ3v) is 5.55. The smallest absolute Gasteiger partial charge is 0.263 e. The molecular weight excluding hydrogens is 394 g/mol. The molecule has 1 amide bonds. The van der Waals surface area contributed by atoms with Gasteiger partial charge < -0.3 is 9.88 Å². The van der Waals surface area contributed by atoms with Gasteiger partial charge >= 0.3 is 0 Å². The van der Waals surface area contributed by atoms with Gasteiger partial charge in [0.15, 0.2) is 0 Å². The van der Waals surface area contributed by atoms with E-state index in [1.54, 1.807) is 48.1 Å². The lowest BCUT2D eigenvalue weighted by Gasteiger charge is -2.08. The number of carbonyl (C=O) groups is 1. The first-order valence-corrected chi connectivity index (χ1v) is 9.61. The fourth-order valence-corrected chi connectivity index (χ4v) is 3.85. The molecule has 4 rings (SSSR count). The molecule has 0 saturated heterocycles. The van der Waals surface area contributed by atoms with Crippen molar-refractivity contribution in [3.8, 4) is 16.3 Å². The summed E-state index contributed by atoms with van der Waals surface area (Å²) in [7, 11) is 0. The number of rotatable bonds is 5. The molecule has 0 saturated carbocycles. The van der Waals surface area contributed by atoms with E-state index in [9.17, 15) is 13.6 Å². The second kappa shape index (κ2) is 7.92. The van der Waals surface area contributed by atoms with Crippen LogP contribution in [0.3, 0.4) is 0 Å². The van der Waals surface area contributed by atoms with Crippen molar-refractivity contribution in [1.29, 1.82) is 0 Å². The molecule has 2 aromatic heterocycles. The van der Waals surface area contributed by atoms with Crippen LogP contribution in [0.4, 0.5) is 8.78 Å². The lowest BCUT2D eigenvalue weighted by atomic mass is 10.2. The molecule has 0 bridgehead atoms. The van der Waals surface area contributed by atoms with Gasteiger partial charge in [0.2, 0.25) is 0 Å². The summed E-state index contributed by atoms with van der Waals surface area (Å²) in [6, 6.07) is 10.7. The molecule has 0 unspecified atom stereocenters. The number of aromatic nitrogens is 3. The molecule has 8 heteroatoms. The Balaban J connectivity index is 1.46. The van der Waals surface area contributed by atoms with Gasteiger partial charge in [0, 0.05) is 24.5 Å². The highest BCUT2D eigenvalue weighted by atomic mass is 32.1. The van der Waals surface area contributed by atoms with Crippen molar-refractivity contribution < 1.29 is 13.6 Å². The van der Waals surface area contributed by atoms with E-state index in [2.05, 4.69) is 15.3 Å². The van der Waals surface area contributed by atoms with Gasteiger partial charge in [0.25, 0.3) is 5.91 Å². The van der Waals surface area contributed by atoms with Gasteiger partial charge in [-0.2, -0.15) is 0 Å². The Morgan fingerprint density at radius 1 is 1.17 bits per heavy atom. The van der Waals surface area contributed by atoms with Crippen LogP contribution in [-0.2, 0) is 6.54 Å². The number of imidazole rings is 1. The number of thiazole rings is 1. The molecule has 0 spiro atoms. The molecular formula is C21H16F2N4OS. The third kappa shape index (κ3) is 4.07. The second-order valence-electron chi connectivity index (χ2n) is 6.38. The summed E-state index contributed by atoms with van der Waals surface area (Å²) in [5.74, 6) is -1.01. The van der Waals surface area contributed by atoms with Crippen LogP contribution in [-0.4, -0.2) is 20.4 Å². The Bertz CT molecular complexity index is 1150. The van der Waals surface area contributed by atoms with Crippen LogP contribution >= 0.6 is 11.3 Å². The summed E-state index contributed by atoms with van der Waals surface area (Å²) in [4.78, 5) is 21.4. The molecule has 0 fully saturated rings. The molecule has 0 aliphatic heterocycles. The van der Waals surface area contributed by atoms with Gasteiger partial charge in [-0.15, -0.1) is 11.3 Å². The first-order valence-electron chi connectivity index (χ1n) is 8.79. The van der Waals surface area contributed by atoms with Crippen LogP contribution in [0.15, 0.2) is 61.2 Å². The topological polar surface area (TPSA) is 59.8 Å². The summed E-state index contributed by atoms with van der Waals surface area (Å²) in [6.07, 6.45) is 4.75. The van der Waals surface area contributed by atoms with Gasteiger partial charge in [-0.3, -0.25) is 4.79 Å². The van der Waals surface area contributed by atoms with Crippen molar-refractivity contribution in [1.82, 2.24) is 19.9 Å². The summed E-state index contributed by atoms with van der Waals surface area (Å²) >= 11 is 1.24. The monoisotopic (exact) mass is 410 g/mol. The van der Waals surface area contributed by atoms with Crippen molar-refractivity contribution >= 4 is 17.2 Å². The van der Waals surface area contributed by atoms with Crippen molar-refractivity contribution in [2.75, 3.05) is 0 Å². The fourth-order valence-electron chi connectivity index (χ4n) is 2.86. The van der Waals surface area contributed by atoms with E-state index in [0.29, 0.717) is 26.8 Å². The Hall–Kier alpha value is -3.39. The SMILES string of the molecule is Cc1nc(-c2ccc(F)cc2)sc1C(=O)NCc1ccc(-n2ccnc2)c(F)c1. The van der Waals surface area contributed by atoms with Gasteiger partial charge in [-0.05, 0) is 48.9 Å². The maximum atomic E-state index is 14.3. The van der Waals surface area contributed by atoms with Crippen LogP contribution in [0.1, 0.15) is 20.9 Å². The Morgan fingerprint density at radius 2 is 1.97 bits per heavy atom. The third-order valence-electron chi connectivity index (χ3n) is 4.34. The molecule has 2 aromatic carbocycles. The van der Waals surface area contributed by atoms with Crippen molar-refractivity contribution in [2.24, 2.45) is 0 Å². The maximum Gasteiger partial charge on any atom is 0.263 e. The average Bonchev–Trinajstić information content (AvgIpc) is 3.37. The number of nitrogens with one attached hydrogen (secondary N) is 1. The average molecular weight is 410 g/mol. The maximum absolute atomic E-state index is 14.3. The van der Waals surface area contributed by atoms with Crippen molar-refractivity contribution in [3.63, 3.8) is 0 Å². The first-order chi connectivity index (χ1) is 14.0. The lowest BCUT2D eigenvalue weighted by molar-refractivity contribution is 0.0954. The van der Waals surface area contributed by atoms with Crippen LogP contribution in [0.5, 0.6) is 0 Å². The summed E-state index contributed by atoms with van der Waals surface area (Å²) in [5.41, 5.74) is 2.37. The van der Waals surface area contributed by atoms with Gasteiger partial charge in [0.05, 0.1) is 17.7 Å². The molecule has 1 N–H and O–H groups in total. The van der Waals surface area contributed by atoms with Gasteiger partial charge in [-0.25, -0.2) is 18.7 Å². The minimum absolute atomic E-state index is 0.184. The molecule has 0 atom stereocenters. The largest absolute Gasteiger partial charge is 0.347 e. The highest BCUT2D eigenvalue weighted by Gasteiger charge is 2.16. The summed E-state index contributed by atoms with van der Waals surface area (Å²) in [5, 5.41) is 3.44. The highest BCUT2D eigenvalue weighted by molar-refractivity contribution is 7.17. The van der Waals surface area contributed by atoms with Crippen LogP contribution in [0.25, 0.3) is 16.3 Å². The molecule has 5 nitrogen and oxygen atoms in total. The van der Waals surface area contributed by atoms with E-state index < -0.39 is 5.82 Å². The van der Waals surface area contributed by atoms with E-state index in [4.69, 9.17) is 0 Å². The van der Waals surface area contributed by atoms with Crippen LogP contribution in [0, 0.1) is 18.6 Å². The van der Waals surface area contributed by atoms with Crippen molar-refractivity contribution in [2.45, 2.75) is 13.5 Å². The number of carbonyl (C=O) groups excluding carboxylic acids is 1. The molecule has 0 aliphatic rings. The first kappa shape index (κ1) is 18.9. The predicted molar refractivity (Wildman–Crippen MR) is 107 cm³/mol. The molecule has 0 radical (unpaired) electrons.